The van der Waals surface area contributed by atoms with Crippen LogP contribution in [-0.4, -0.2) is 14.8 Å². The summed E-state index contributed by atoms with van der Waals surface area (Å²) in [6.07, 6.45) is -1.60. The van der Waals surface area contributed by atoms with Crippen LogP contribution >= 0.6 is 0 Å². The lowest BCUT2D eigenvalue weighted by Gasteiger charge is -2.19. The van der Waals surface area contributed by atoms with Crippen molar-refractivity contribution in [1.82, 2.24) is 14.8 Å². The normalized spacial score (nSPS) is 12.7. The second-order valence-electron chi connectivity index (χ2n) is 5.30. The molecule has 0 aliphatic heterocycles. The van der Waals surface area contributed by atoms with Gasteiger partial charge in [-0.15, -0.1) is 0 Å². The van der Waals surface area contributed by atoms with Gasteiger partial charge in [0.15, 0.2) is 11.5 Å². The van der Waals surface area contributed by atoms with Crippen LogP contribution in [0.4, 0.5) is 13.2 Å². The third kappa shape index (κ3) is 2.94. The van der Waals surface area contributed by atoms with Gasteiger partial charge in [0.25, 0.3) is 0 Å². The van der Waals surface area contributed by atoms with Crippen molar-refractivity contribution in [2.24, 2.45) is 0 Å². The van der Waals surface area contributed by atoms with Gasteiger partial charge in [-0.3, -0.25) is 0 Å². The van der Waals surface area contributed by atoms with Crippen LogP contribution in [-0.2, 0) is 11.6 Å². The largest absolute Gasteiger partial charge is 0.435 e. The molecule has 2 aromatic rings. The molecule has 0 N–H and O–H groups in total. The first-order valence-electron chi connectivity index (χ1n) is 5.78. The molecule has 6 heteroatoms. The van der Waals surface area contributed by atoms with E-state index in [9.17, 15) is 13.2 Å². The summed E-state index contributed by atoms with van der Waals surface area (Å²) in [7, 11) is 0. The van der Waals surface area contributed by atoms with Gasteiger partial charge in [0, 0.05) is 12.4 Å². The average Bonchev–Trinajstić information content (AvgIpc) is 2.77. The molecule has 0 atom stereocenters. The molecule has 0 unspecified atom stereocenters. The number of hydrogen-bond donors (Lipinski definition) is 0. The van der Waals surface area contributed by atoms with Crippen molar-refractivity contribution < 1.29 is 13.2 Å². The summed E-state index contributed by atoms with van der Waals surface area (Å²) in [4.78, 5) is 4.05. The van der Waals surface area contributed by atoms with Gasteiger partial charge in [0.1, 0.15) is 0 Å². The van der Waals surface area contributed by atoms with Crippen LogP contribution in [0.1, 0.15) is 32.0 Å². The SMILES string of the molecule is CC(C)(C)c1ccnc(-n2ccc(C(F)(F)F)n2)c1. The van der Waals surface area contributed by atoms with Crippen LogP contribution in [0.3, 0.4) is 0 Å². The summed E-state index contributed by atoms with van der Waals surface area (Å²) in [6.45, 7) is 6.07. The average molecular weight is 269 g/mol. The molecule has 0 aromatic carbocycles. The summed E-state index contributed by atoms with van der Waals surface area (Å²) in [5, 5.41) is 3.50. The minimum atomic E-state index is -4.44. The number of alkyl halides is 3. The highest BCUT2D eigenvalue weighted by molar-refractivity contribution is 5.31. The maximum Gasteiger partial charge on any atom is 0.435 e. The summed E-state index contributed by atoms with van der Waals surface area (Å²) >= 11 is 0. The Bertz CT molecular complexity index is 579. The molecule has 0 aliphatic carbocycles. The zero-order valence-electron chi connectivity index (χ0n) is 10.9. The molecular formula is C13H14F3N3. The van der Waals surface area contributed by atoms with E-state index in [0.717, 1.165) is 16.3 Å². The Morgan fingerprint density at radius 1 is 1.11 bits per heavy atom. The number of aromatic nitrogens is 3. The first-order valence-corrected chi connectivity index (χ1v) is 5.78. The van der Waals surface area contributed by atoms with E-state index in [-0.39, 0.29) is 5.41 Å². The van der Waals surface area contributed by atoms with Crippen molar-refractivity contribution in [3.63, 3.8) is 0 Å². The van der Waals surface area contributed by atoms with E-state index in [0.29, 0.717) is 5.82 Å². The highest BCUT2D eigenvalue weighted by Crippen LogP contribution is 2.28. The Morgan fingerprint density at radius 2 is 1.79 bits per heavy atom. The van der Waals surface area contributed by atoms with E-state index in [2.05, 4.69) is 10.1 Å². The van der Waals surface area contributed by atoms with Crippen LogP contribution in [0.25, 0.3) is 5.82 Å². The fourth-order valence-corrected chi connectivity index (χ4v) is 1.61. The van der Waals surface area contributed by atoms with Crippen LogP contribution < -0.4 is 0 Å². The van der Waals surface area contributed by atoms with Gasteiger partial charge >= 0.3 is 6.18 Å². The summed E-state index contributed by atoms with van der Waals surface area (Å²) in [5.41, 5.74) is -0.0328. The fourth-order valence-electron chi connectivity index (χ4n) is 1.61. The quantitative estimate of drug-likeness (QED) is 0.792. The fraction of sp³-hybridized carbons (Fsp3) is 0.385. The number of nitrogens with zero attached hydrogens (tertiary/aromatic N) is 3. The van der Waals surface area contributed by atoms with Crippen molar-refractivity contribution in [2.75, 3.05) is 0 Å². The Kier molecular flexibility index (Phi) is 3.12. The maximum atomic E-state index is 12.5. The summed E-state index contributed by atoms with van der Waals surface area (Å²) in [6, 6.07) is 4.52. The van der Waals surface area contributed by atoms with Crippen LogP contribution in [0.5, 0.6) is 0 Å². The zero-order valence-corrected chi connectivity index (χ0v) is 10.9. The van der Waals surface area contributed by atoms with E-state index in [1.54, 1.807) is 12.3 Å². The van der Waals surface area contributed by atoms with Gasteiger partial charge in [0.2, 0.25) is 0 Å². The molecule has 0 amide bonds. The van der Waals surface area contributed by atoms with E-state index in [4.69, 9.17) is 0 Å². The first kappa shape index (κ1) is 13.6. The molecule has 0 bridgehead atoms. The molecule has 0 fully saturated rings. The molecule has 19 heavy (non-hydrogen) atoms. The van der Waals surface area contributed by atoms with Gasteiger partial charge in [-0.2, -0.15) is 18.3 Å². The van der Waals surface area contributed by atoms with E-state index < -0.39 is 11.9 Å². The number of hydrogen-bond acceptors (Lipinski definition) is 2. The molecule has 2 aromatic heterocycles. The van der Waals surface area contributed by atoms with Crippen molar-refractivity contribution in [3.8, 4) is 5.82 Å². The molecular weight excluding hydrogens is 255 g/mol. The monoisotopic (exact) mass is 269 g/mol. The molecule has 102 valence electrons. The molecule has 2 heterocycles. The summed E-state index contributed by atoms with van der Waals surface area (Å²) < 4.78 is 38.6. The van der Waals surface area contributed by atoms with Gasteiger partial charge < -0.3 is 0 Å². The molecule has 3 nitrogen and oxygen atoms in total. The zero-order chi connectivity index (χ0) is 14.3. The third-order valence-corrected chi connectivity index (χ3v) is 2.73. The highest BCUT2D eigenvalue weighted by Gasteiger charge is 2.33. The highest BCUT2D eigenvalue weighted by atomic mass is 19.4. The Balaban J connectivity index is 2.40. The lowest BCUT2D eigenvalue weighted by atomic mass is 9.88. The van der Waals surface area contributed by atoms with Crippen molar-refractivity contribution in [3.05, 3.63) is 41.9 Å². The van der Waals surface area contributed by atoms with Crippen molar-refractivity contribution >= 4 is 0 Å². The number of rotatable bonds is 1. The molecule has 0 saturated carbocycles. The maximum absolute atomic E-state index is 12.5. The second-order valence-corrected chi connectivity index (χ2v) is 5.30. The summed E-state index contributed by atoms with van der Waals surface area (Å²) in [5.74, 6) is 0.378. The topological polar surface area (TPSA) is 30.7 Å². The van der Waals surface area contributed by atoms with Crippen LogP contribution in [0, 0.1) is 0 Å². The third-order valence-electron chi connectivity index (χ3n) is 2.73. The van der Waals surface area contributed by atoms with Crippen molar-refractivity contribution in [2.45, 2.75) is 32.4 Å². The number of pyridine rings is 1. The molecule has 0 saturated heterocycles. The molecule has 0 aliphatic rings. The Labute approximate surface area is 109 Å². The van der Waals surface area contributed by atoms with E-state index in [1.807, 2.05) is 26.8 Å². The Hall–Kier alpha value is -1.85. The Morgan fingerprint density at radius 3 is 2.32 bits per heavy atom. The lowest BCUT2D eigenvalue weighted by Crippen LogP contribution is -2.13. The first-order chi connectivity index (χ1) is 8.68. The second kappa shape index (κ2) is 4.36. The van der Waals surface area contributed by atoms with Crippen LogP contribution in [0.2, 0.25) is 0 Å². The van der Waals surface area contributed by atoms with Crippen LogP contribution in [0.15, 0.2) is 30.6 Å². The van der Waals surface area contributed by atoms with Gasteiger partial charge in [-0.25, -0.2) is 9.67 Å². The molecule has 0 spiro atoms. The molecule has 2 rings (SSSR count). The molecule has 0 radical (unpaired) electrons. The minimum Gasteiger partial charge on any atom is -0.237 e. The van der Waals surface area contributed by atoms with E-state index in [1.165, 1.54) is 6.20 Å². The predicted molar refractivity (Wildman–Crippen MR) is 65.1 cm³/mol. The minimum absolute atomic E-state index is 0.0995. The standard InChI is InChI=1S/C13H14F3N3/c1-12(2,3)9-4-6-17-11(8-9)19-7-5-10(18-19)13(14,15)16/h4-8H,1-3H3. The smallest absolute Gasteiger partial charge is 0.237 e. The van der Waals surface area contributed by atoms with Gasteiger partial charge in [0.05, 0.1) is 0 Å². The van der Waals surface area contributed by atoms with E-state index >= 15 is 0 Å². The van der Waals surface area contributed by atoms with Crippen molar-refractivity contribution in [1.29, 1.82) is 0 Å². The van der Waals surface area contributed by atoms with Gasteiger partial charge in [-0.05, 0) is 29.2 Å². The predicted octanol–water partition coefficient (Wildman–Crippen LogP) is 3.58. The lowest BCUT2D eigenvalue weighted by molar-refractivity contribution is -0.141. The van der Waals surface area contributed by atoms with Gasteiger partial charge in [-0.1, -0.05) is 20.8 Å². The number of halogens is 3.